The monoisotopic (exact) mass is 229 g/mol. The molecule has 0 aromatic heterocycles. The average molecular weight is 230 g/mol. The third-order valence-corrected chi connectivity index (χ3v) is 2.78. The molecule has 0 aliphatic carbocycles. The minimum Gasteiger partial charge on any atom is -0.310 e. The minimum absolute atomic E-state index is 0.196. The van der Waals surface area contributed by atoms with Gasteiger partial charge in [0.25, 0.3) is 0 Å². The molecule has 12 heavy (non-hydrogen) atoms. The predicted octanol–water partition coefficient (Wildman–Crippen LogP) is 2.62. The minimum atomic E-state index is -0.196. The van der Waals surface area contributed by atoms with Gasteiger partial charge in [0.05, 0.1) is 4.47 Å². The second kappa shape index (κ2) is 3.15. The summed E-state index contributed by atoms with van der Waals surface area (Å²) >= 11 is 3.16. The summed E-state index contributed by atoms with van der Waals surface area (Å²) in [5.74, 6) is -0.196. The molecule has 1 aliphatic heterocycles. The molecule has 0 spiro atoms. The molecular weight excluding hydrogens is 221 g/mol. The van der Waals surface area contributed by atoms with Gasteiger partial charge in [-0.25, -0.2) is 4.39 Å². The van der Waals surface area contributed by atoms with Crippen LogP contribution in [0.5, 0.6) is 0 Å². The van der Waals surface area contributed by atoms with Crippen molar-refractivity contribution >= 4 is 15.9 Å². The van der Waals surface area contributed by atoms with Crippen LogP contribution in [-0.4, -0.2) is 6.54 Å². The maximum atomic E-state index is 12.8. The molecular formula is C9H9BrFN. The Balaban J connectivity index is 2.27. The number of hydrogen-bond donors (Lipinski definition) is 1. The molecule has 0 amide bonds. The molecule has 1 fully saturated rings. The second-order valence-electron chi connectivity index (χ2n) is 2.97. The van der Waals surface area contributed by atoms with Crippen LogP contribution in [-0.2, 0) is 0 Å². The van der Waals surface area contributed by atoms with Crippen LogP contribution in [0, 0.1) is 5.82 Å². The molecule has 1 nitrogen and oxygen atoms in total. The van der Waals surface area contributed by atoms with E-state index in [9.17, 15) is 4.39 Å². The molecule has 1 aliphatic rings. The first-order chi connectivity index (χ1) is 5.77. The van der Waals surface area contributed by atoms with Crippen molar-refractivity contribution < 1.29 is 4.39 Å². The van der Waals surface area contributed by atoms with E-state index in [-0.39, 0.29) is 5.82 Å². The van der Waals surface area contributed by atoms with E-state index in [1.54, 1.807) is 0 Å². The quantitative estimate of drug-likeness (QED) is 0.781. The molecule has 1 N–H and O–H groups in total. The molecule has 1 saturated heterocycles. The normalized spacial score (nSPS) is 22.0. The van der Waals surface area contributed by atoms with E-state index < -0.39 is 0 Å². The number of benzene rings is 1. The van der Waals surface area contributed by atoms with E-state index in [0.717, 1.165) is 18.5 Å². The highest BCUT2D eigenvalue weighted by atomic mass is 79.9. The van der Waals surface area contributed by atoms with Crippen LogP contribution < -0.4 is 5.32 Å². The van der Waals surface area contributed by atoms with E-state index in [0.29, 0.717) is 10.5 Å². The van der Waals surface area contributed by atoms with Crippen LogP contribution >= 0.6 is 15.9 Å². The lowest BCUT2D eigenvalue weighted by Crippen LogP contribution is -2.34. The molecule has 1 aromatic carbocycles. The van der Waals surface area contributed by atoms with Gasteiger partial charge in [-0.05, 0) is 46.6 Å². The zero-order valence-electron chi connectivity index (χ0n) is 6.48. The van der Waals surface area contributed by atoms with Crippen molar-refractivity contribution in [1.29, 1.82) is 0 Å². The highest BCUT2D eigenvalue weighted by molar-refractivity contribution is 9.10. The standard InChI is InChI=1S/C9H9BrFN/c10-7-5-6(1-2-8(7)11)9-3-4-12-9/h1-2,5,9,12H,3-4H2. The number of halogens is 2. The van der Waals surface area contributed by atoms with Gasteiger partial charge in [-0.2, -0.15) is 0 Å². The summed E-state index contributed by atoms with van der Waals surface area (Å²) < 4.78 is 13.4. The van der Waals surface area contributed by atoms with Crippen LogP contribution in [0.25, 0.3) is 0 Å². The molecule has 0 bridgehead atoms. The lowest BCUT2D eigenvalue weighted by molar-refractivity contribution is 0.382. The lowest BCUT2D eigenvalue weighted by atomic mass is 9.98. The number of rotatable bonds is 1. The molecule has 2 rings (SSSR count). The zero-order valence-corrected chi connectivity index (χ0v) is 8.07. The SMILES string of the molecule is Fc1ccc(C2CCN2)cc1Br. The van der Waals surface area contributed by atoms with E-state index in [1.807, 2.05) is 12.1 Å². The first-order valence-corrected chi connectivity index (χ1v) is 4.75. The number of nitrogens with one attached hydrogen (secondary N) is 1. The largest absolute Gasteiger partial charge is 0.310 e. The van der Waals surface area contributed by atoms with E-state index in [2.05, 4.69) is 21.2 Å². The summed E-state index contributed by atoms with van der Waals surface area (Å²) in [7, 11) is 0. The van der Waals surface area contributed by atoms with Crippen molar-refractivity contribution in [1.82, 2.24) is 5.32 Å². The summed E-state index contributed by atoms with van der Waals surface area (Å²) in [5.41, 5.74) is 1.16. The smallest absolute Gasteiger partial charge is 0.137 e. The number of hydrogen-bond acceptors (Lipinski definition) is 1. The molecule has 1 atom stereocenters. The van der Waals surface area contributed by atoms with Crippen LogP contribution in [0.2, 0.25) is 0 Å². The third kappa shape index (κ3) is 1.39. The predicted molar refractivity (Wildman–Crippen MR) is 49.5 cm³/mol. The van der Waals surface area contributed by atoms with Crippen molar-refractivity contribution in [3.63, 3.8) is 0 Å². The van der Waals surface area contributed by atoms with Gasteiger partial charge in [-0.15, -0.1) is 0 Å². The van der Waals surface area contributed by atoms with Gasteiger partial charge in [0.2, 0.25) is 0 Å². The molecule has 1 aromatic rings. The average Bonchev–Trinajstić information content (AvgIpc) is 1.93. The van der Waals surface area contributed by atoms with Crippen LogP contribution in [0.4, 0.5) is 4.39 Å². The summed E-state index contributed by atoms with van der Waals surface area (Å²) in [6.45, 7) is 1.07. The van der Waals surface area contributed by atoms with Gasteiger partial charge in [0, 0.05) is 6.04 Å². The summed E-state index contributed by atoms with van der Waals surface area (Å²) in [4.78, 5) is 0. The highest BCUT2D eigenvalue weighted by Gasteiger charge is 2.18. The maximum absolute atomic E-state index is 12.8. The van der Waals surface area contributed by atoms with Gasteiger partial charge in [-0.3, -0.25) is 0 Å². The molecule has 0 saturated carbocycles. The van der Waals surface area contributed by atoms with Gasteiger partial charge in [0.1, 0.15) is 5.82 Å². The van der Waals surface area contributed by atoms with Gasteiger partial charge in [0.15, 0.2) is 0 Å². The van der Waals surface area contributed by atoms with Crippen molar-refractivity contribution in [2.24, 2.45) is 0 Å². The Morgan fingerprint density at radius 1 is 1.50 bits per heavy atom. The topological polar surface area (TPSA) is 12.0 Å². The van der Waals surface area contributed by atoms with E-state index in [4.69, 9.17) is 0 Å². The Morgan fingerprint density at radius 2 is 2.25 bits per heavy atom. The lowest BCUT2D eigenvalue weighted by Gasteiger charge is -2.28. The fraction of sp³-hybridized carbons (Fsp3) is 0.333. The Morgan fingerprint density at radius 3 is 2.75 bits per heavy atom. The van der Waals surface area contributed by atoms with Gasteiger partial charge < -0.3 is 5.32 Å². The Labute approximate surface area is 79.1 Å². The first-order valence-electron chi connectivity index (χ1n) is 3.96. The van der Waals surface area contributed by atoms with Gasteiger partial charge >= 0.3 is 0 Å². The summed E-state index contributed by atoms with van der Waals surface area (Å²) in [5, 5.41) is 3.27. The maximum Gasteiger partial charge on any atom is 0.137 e. The first kappa shape index (κ1) is 8.20. The zero-order chi connectivity index (χ0) is 8.55. The molecule has 3 heteroatoms. The van der Waals surface area contributed by atoms with Crippen LogP contribution in [0.15, 0.2) is 22.7 Å². The summed E-state index contributed by atoms with van der Waals surface area (Å²) in [6.07, 6.45) is 1.15. The Bertz CT molecular complexity index is 297. The second-order valence-corrected chi connectivity index (χ2v) is 3.82. The van der Waals surface area contributed by atoms with Gasteiger partial charge in [-0.1, -0.05) is 6.07 Å². The van der Waals surface area contributed by atoms with Crippen molar-refractivity contribution in [2.75, 3.05) is 6.54 Å². The fourth-order valence-corrected chi connectivity index (χ4v) is 1.70. The fourth-order valence-electron chi connectivity index (χ4n) is 1.30. The molecule has 64 valence electrons. The Kier molecular flexibility index (Phi) is 2.15. The Hall–Kier alpha value is -0.410. The van der Waals surface area contributed by atoms with Crippen molar-refractivity contribution in [3.05, 3.63) is 34.1 Å². The van der Waals surface area contributed by atoms with Crippen LogP contribution in [0.1, 0.15) is 18.0 Å². The van der Waals surface area contributed by atoms with E-state index >= 15 is 0 Å². The highest BCUT2D eigenvalue weighted by Crippen LogP contribution is 2.26. The van der Waals surface area contributed by atoms with Crippen molar-refractivity contribution in [2.45, 2.75) is 12.5 Å². The molecule has 0 radical (unpaired) electrons. The molecule has 1 unspecified atom stereocenters. The molecule has 1 heterocycles. The van der Waals surface area contributed by atoms with Crippen molar-refractivity contribution in [3.8, 4) is 0 Å². The third-order valence-electron chi connectivity index (χ3n) is 2.17. The summed E-state index contributed by atoms with van der Waals surface area (Å²) in [6, 6.07) is 5.60. The van der Waals surface area contributed by atoms with Crippen LogP contribution in [0.3, 0.4) is 0 Å². The van der Waals surface area contributed by atoms with E-state index in [1.165, 1.54) is 6.07 Å².